The number of aliphatic hydroxyl groups is 1. The highest BCUT2D eigenvalue weighted by molar-refractivity contribution is 7.20. The fourth-order valence-corrected chi connectivity index (χ4v) is 3.55. The van der Waals surface area contributed by atoms with Crippen molar-refractivity contribution in [2.75, 3.05) is 20.1 Å². The van der Waals surface area contributed by atoms with E-state index in [0.717, 1.165) is 10.1 Å². The Morgan fingerprint density at radius 2 is 2.25 bits per heavy atom. The summed E-state index contributed by atoms with van der Waals surface area (Å²) >= 11 is 1.27. The van der Waals surface area contributed by atoms with E-state index in [2.05, 4.69) is 5.32 Å². The molecule has 0 aliphatic carbocycles. The highest BCUT2D eigenvalue weighted by atomic mass is 32.1. The van der Waals surface area contributed by atoms with Crippen molar-refractivity contribution in [2.24, 2.45) is 0 Å². The summed E-state index contributed by atoms with van der Waals surface area (Å²) in [6, 6.07) is 6.04. The Labute approximate surface area is 119 Å². The van der Waals surface area contributed by atoms with E-state index in [4.69, 9.17) is 0 Å². The quantitative estimate of drug-likeness (QED) is 0.881. The molecule has 1 aliphatic heterocycles. The molecular formula is C14H15FN2O2S. The molecule has 6 heteroatoms. The number of likely N-dealkylation sites (N-methyl/N-ethyl adjacent to an activating group) is 1. The maximum Gasteiger partial charge on any atom is 0.264 e. The molecule has 2 heterocycles. The lowest BCUT2D eigenvalue weighted by molar-refractivity contribution is 0.0585. The van der Waals surface area contributed by atoms with E-state index >= 15 is 0 Å². The SMILES string of the molecule is CN(C(=O)c1cc2ccc(F)cc2s1)[C@@H]1CNC[C@H]1O. The van der Waals surface area contributed by atoms with E-state index in [-0.39, 0.29) is 17.8 Å². The van der Waals surface area contributed by atoms with Crippen molar-refractivity contribution in [1.82, 2.24) is 10.2 Å². The van der Waals surface area contributed by atoms with Crippen molar-refractivity contribution in [3.63, 3.8) is 0 Å². The summed E-state index contributed by atoms with van der Waals surface area (Å²) in [7, 11) is 1.69. The summed E-state index contributed by atoms with van der Waals surface area (Å²) in [6.07, 6.45) is -0.546. The van der Waals surface area contributed by atoms with Crippen LogP contribution in [0.5, 0.6) is 0 Å². The van der Waals surface area contributed by atoms with Gasteiger partial charge in [0, 0.05) is 24.8 Å². The van der Waals surface area contributed by atoms with Gasteiger partial charge < -0.3 is 15.3 Å². The number of amides is 1. The van der Waals surface area contributed by atoms with Crippen LogP contribution >= 0.6 is 11.3 Å². The molecule has 2 atom stereocenters. The van der Waals surface area contributed by atoms with Gasteiger partial charge in [0.15, 0.2) is 0 Å². The summed E-state index contributed by atoms with van der Waals surface area (Å²) in [4.78, 5) is 14.6. The summed E-state index contributed by atoms with van der Waals surface area (Å²) in [5.41, 5.74) is 0. The molecule has 2 aromatic rings. The zero-order valence-corrected chi connectivity index (χ0v) is 11.8. The number of nitrogens with zero attached hydrogens (tertiary/aromatic N) is 1. The lowest BCUT2D eigenvalue weighted by Gasteiger charge is -2.25. The van der Waals surface area contributed by atoms with Gasteiger partial charge in [-0.3, -0.25) is 4.79 Å². The van der Waals surface area contributed by atoms with E-state index in [9.17, 15) is 14.3 Å². The van der Waals surface area contributed by atoms with Crippen LogP contribution in [-0.4, -0.2) is 48.2 Å². The summed E-state index contributed by atoms with van der Waals surface area (Å²) < 4.78 is 13.9. The first-order valence-electron chi connectivity index (χ1n) is 6.41. The molecule has 106 valence electrons. The Bertz CT molecular complexity index is 658. The number of nitrogens with one attached hydrogen (secondary N) is 1. The molecule has 1 aromatic carbocycles. The molecular weight excluding hydrogens is 279 g/mol. The fraction of sp³-hybridized carbons (Fsp3) is 0.357. The van der Waals surface area contributed by atoms with Gasteiger partial charge in [0.05, 0.1) is 17.0 Å². The topological polar surface area (TPSA) is 52.6 Å². The molecule has 1 saturated heterocycles. The Morgan fingerprint density at radius 3 is 2.95 bits per heavy atom. The number of β-amino-alcohol motifs (C(OH)–C–C–N with tert-alkyl or cyclic N) is 1. The van der Waals surface area contributed by atoms with Crippen LogP contribution in [0.3, 0.4) is 0 Å². The van der Waals surface area contributed by atoms with Crippen molar-refractivity contribution in [2.45, 2.75) is 12.1 Å². The second-order valence-electron chi connectivity index (χ2n) is 5.00. The van der Waals surface area contributed by atoms with Crippen LogP contribution in [0.15, 0.2) is 24.3 Å². The molecule has 1 amide bonds. The van der Waals surface area contributed by atoms with Crippen LogP contribution in [0.25, 0.3) is 10.1 Å². The lowest BCUT2D eigenvalue weighted by Crippen LogP contribution is -2.44. The molecule has 3 rings (SSSR count). The normalized spacial score (nSPS) is 22.4. The van der Waals surface area contributed by atoms with Crippen molar-refractivity contribution in [1.29, 1.82) is 0 Å². The van der Waals surface area contributed by atoms with Crippen molar-refractivity contribution in [3.05, 3.63) is 35.0 Å². The molecule has 0 unspecified atom stereocenters. The third kappa shape index (κ3) is 2.30. The van der Waals surface area contributed by atoms with E-state index in [0.29, 0.717) is 18.0 Å². The molecule has 0 spiro atoms. The van der Waals surface area contributed by atoms with Gasteiger partial charge in [-0.25, -0.2) is 4.39 Å². The van der Waals surface area contributed by atoms with Gasteiger partial charge in [0.25, 0.3) is 5.91 Å². The Morgan fingerprint density at radius 1 is 1.45 bits per heavy atom. The second kappa shape index (κ2) is 5.12. The number of thiophene rings is 1. The van der Waals surface area contributed by atoms with Gasteiger partial charge >= 0.3 is 0 Å². The molecule has 2 N–H and O–H groups in total. The summed E-state index contributed by atoms with van der Waals surface area (Å²) in [6.45, 7) is 1.09. The molecule has 4 nitrogen and oxygen atoms in total. The molecule has 20 heavy (non-hydrogen) atoms. The molecule has 1 fully saturated rings. The van der Waals surface area contributed by atoms with Crippen LogP contribution in [0.2, 0.25) is 0 Å². The molecule has 0 radical (unpaired) electrons. The number of hydrogen-bond acceptors (Lipinski definition) is 4. The minimum absolute atomic E-state index is 0.139. The number of rotatable bonds is 2. The second-order valence-corrected chi connectivity index (χ2v) is 6.09. The first-order chi connectivity index (χ1) is 9.56. The molecule has 1 aromatic heterocycles. The molecule has 0 saturated carbocycles. The van der Waals surface area contributed by atoms with Gasteiger partial charge in [0.1, 0.15) is 5.82 Å². The number of hydrogen-bond donors (Lipinski definition) is 2. The Kier molecular flexibility index (Phi) is 3.45. The van der Waals surface area contributed by atoms with E-state index in [1.165, 1.54) is 23.5 Å². The monoisotopic (exact) mass is 294 g/mol. The summed E-state index contributed by atoms with van der Waals surface area (Å²) in [5, 5.41) is 13.7. The maximum atomic E-state index is 13.2. The van der Waals surface area contributed by atoms with Crippen LogP contribution in [0.4, 0.5) is 4.39 Å². The van der Waals surface area contributed by atoms with Crippen molar-refractivity contribution < 1.29 is 14.3 Å². The average Bonchev–Trinajstić information content (AvgIpc) is 3.02. The summed E-state index contributed by atoms with van der Waals surface area (Å²) in [5.74, 6) is -0.443. The largest absolute Gasteiger partial charge is 0.390 e. The van der Waals surface area contributed by atoms with E-state index in [1.807, 2.05) is 0 Å². The molecule has 1 aliphatic rings. The predicted octanol–water partition coefficient (Wildman–Crippen LogP) is 1.45. The third-order valence-electron chi connectivity index (χ3n) is 3.66. The maximum absolute atomic E-state index is 13.2. The highest BCUT2D eigenvalue weighted by Crippen LogP contribution is 2.27. The van der Waals surface area contributed by atoms with Crippen molar-refractivity contribution >= 4 is 27.3 Å². The number of benzene rings is 1. The highest BCUT2D eigenvalue weighted by Gasteiger charge is 2.32. The van der Waals surface area contributed by atoms with Gasteiger partial charge in [0.2, 0.25) is 0 Å². The number of aliphatic hydroxyl groups excluding tert-OH is 1. The van der Waals surface area contributed by atoms with Crippen LogP contribution in [0.1, 0.15) is 9.67 Å². The van der Waals surface area contributed by atoms with Crippen LogP contribution in [-0.2, 0) is 0 Å². The van der Waals surface area contributed by atoms with E-state index < -0.39 is 6.10 Å². The third-order valence-corrected chi connectivity index (χ3v) is 4.75. The average molecular weight is 294 g/mol. The minimum Gasteiger partial charge on any atom is -0.390 e. The first-order valence-corrected chi connectivity index (χ1v) is 7.23. The zero-order chi connectivity index (χ0) is 14.3. The zero-order valence-electron chi connectivity index (χ0n) is 11.0. The smallest absolute Gasteiger partial charge is 0.264 e. The Hall–Kier alpha value is -1.50. The van der Waals surface area contributed by atoms with Gasteiger partial charge in [-0.15, -0.1) is 11.3 Å². The predicted molar refractivity (Wildman–Crippen MR) is 76.5 cm³/mol. The van der Waals surface area contributed by atoms with Crippen LogP contribution in [0, 0.1) is 5.82 Å². The first kappa shape index (κ1) is 13.5. The fourth-order valence-electron chi connectivity index (χ4n) is 2.48. The number of carbonyl (C=O) groups is 1. The van der Waals surface area contributed by atoms with Gasteiger partial charge in [-0.05, 0) is 23.6 Å². The van der Waals surface area contributed by atoms with Gasteiger partial charge in [-0.1, -0.05) is 6.07 Å². The number of fused-ring (bicyclic) bond motifs is 1. The minimum atomic E-state index is -0.546. The number of halogens is 1. The number of carbonyl (C=O) groups excluding carboxylic acids is 1. The lowest BCUT2D eigenvalue weighted by atomic mass is 10.2. The van der Waals surface area contributed by atoms with E-state index in [1.54, 1.807) is 24.1 Å². The van der Waals surface area contributed by atoms with Crippen molar-refractivity contribution in [3.8, 4) is 0 Å². The standard InChI is InChI=1S/C14H15FN2O2S/c1-17(10-6-16-7-11(10)18)14(19)13-4-8-2-3-9(15)5-12(8)20-13/h2-5,10-11,16,18H,6-7H2,1H3/t10-,11-/m1/s1. The van der Waals surface area contributed by atoms with Gasteiger partial charge in [-0.2, -0.15) is 0 Å². The molecule has 0 bridgehead atoms. The Balaban J connectivity index is 1.88. The van der Waals surface area contributed by atoms with Crippen LogP contribution < -0.4 is 5.32 Å².